The van der Waals surface area contributed by atoms with E-state index in [0.29, 0.717) is 11.9 Å². The minimum absolute atomic E-state index is 0.186. The van der Waals surface area contributed by atoms with Crippen molar-refractivity contribution in [3.05, 3.63) is 47.3 Å². The third kappa shape index (κ3) is 5.18. The Bertz CT molecular complexity index is 702. The number of benzene rings is 1. The van der Waals surface area contributed by atoms with Crippen LogP contribution in [-0.4, -0.2) is 21.8 Å². The zero-order valence-corrected chi connectivity index (χ0v) is 13.9. The van der Waals surface area contributed by atoms with Gasteiger partial charge in [0.15, 0.2) is 0 Å². The zero-order valence-electron chi connectivity index (χ0n) is 13.9. The molecule has 0 spiro atoms. The first-order valence-corrected chi connectivity index (χ1v) is 7.56. The van der Waals surface area contributed by atoms with Crippen LogP contribution < -0.4 is 15.6 Å². The summed E-state index contributed by atoms with van der Waals surface area (Å²) < 4.78 is 0. The Kier molecular flexibility index (Phi) is 5.41. The molecule has 1 aromatic carbocycles. The van der Waals surface area contributed by atoms with E-state index in [4.69, 9.17) is 0 Å². The van der Waals surface area contributed by atoms with Crippen LogP contribution >= 0.6 is 0 Å². The molecule has 0 radical (unpaired) electrons. The van der Waals surface area contributed by atoms with Crippen molar-refractivity contribution in [2.75, 3.05) is 5.32 Å². The molecule has 0 aliphatic heterocycles. The molecule has 2 aromatic rings. The summed E-state index contributed by atoms with van der Waals surface area (Å²) in [5.41, 5.74) is 3.83. The highest BCUT2D eigenvalue weighted by Gasteiger charge is 2.10. The van der Waals surface area contributed by atoms with Crippen LogP contribution in [0.25, 0.3) is 0 Å². The number of aryl methyl sites for hydroxylation is 3. The molecular formula is C17H22N5O+. The average Bonchev–Trinajstić information content (AvgIpc) is 2.46. The molecule has 0 bridgehead atoms. The summed E-state index contributed by atoms with van der Waals surface area (Å²) in [5, 5.41) is 5.86. The standard InChI is InChI=1S/C17H21N5O/c1-5-14-6-8-15(9-7-14)21-17(20-13(4)23)22-16-18-11(2)10-12(3)19-16/h6-10H,5H2,1-4H3,(H2,18,19,20,21,22,23)/p+1. The summed E-state index contributed by atoms with van der Waals surface area (Å²) in [6.07, 6.45) is 0.983. The Morgan fingerprint density at radius 1 is 1.13 bits per heavy atom. The fourth-order valence-corrected chi connectivity index (χ4v) is 2.13. The number of guanidine groups is 1. The Labute approximate surface area is 136 Å². The van der Waals surface area contributed by atoms with Crippen molar-refractivity contribution in [1.29, 1.82) is 0 Å². The summed E-state index contributed by atoms with van der Waals surface area (Å²) in [5.74, 6) is 0.672. The quantitative estimate of drug-likeness (QED) is 0.583. The molecule has 0 unspecified atom stereocenters. The van der Waals surface area contributed by atoms with Gasteiger partial charge in [-0.25, -0.2) is 10.3 Å². The Morgan fingerprint density at radius 3 is 2.26 bits per heavy atom. The maximum atomic E-state index is 11.4. The number of rotatable bonds is 3. The number of nitrogens with one attached hydrogen (secondary N) is 3. The van der Waals surface area contributed by atoms with Gasteiger partial charge >= 0.3 is 5.95 Å². The molecule has 0 aliphatic rings. The van der Waals surface area contributed by atoms with Crippen LogP contribution in [0.3, 0.4) is 0 Å². The van der Waals surface area contributed by atoms with Crippen LogP contribution in [0.2, 0.25) is 0 Å². The molecule has 1 heterocycles. The Balaban J connectivity index is 2.27. The lowest BCUT2D eigenvalue weighted by Gasteiger charge is -2.06. The molecule has 2 rings (SSSR count). The van der Waals surface area contributed by atoms with Gasteiger partial charge in [-0.2, -0.15) is 0 Å². The first-order chi connectivity index (χ1) is 11.0. The summed E-state index contributed by atoms with van der Waals surface area (Å²) in [6.45, 7) is 7.35. The van der Waals surface area contributed by atoms with Gasteiger partial charge in [-0.15, -0.1) is 9.97 Å². The van der Waals surface area contributed by atoms with Crippen LogP contribution in [0.1, 0.15) is 30.8 Å². The van der Waals surface area contributed by atoms with Crippen molar-refractivity contribution in [2.24, 2.45) is 0 Å². The van der Waals surface area contributed by atoms with E-state index >= 15 is 0 Å². The van der Waals surface area contributed by atoms with E-state index in [0.717, 1.165) is 23.5 Å². The van der Waals surface area contributed by atoms with Gasteiger partial charge in [0.2, 0.25) is 0 Å². The third-order valence-electron chi connectivity index (χ3n) is 3.15. The summed E-state index contributed by atoms with van der Waals surface area (Å²) in [7, 11) is 0. The van der Waals surface area contributed by atoms with Crippen LogP contribution in [0.4, 0.5) is 11.6 Å². The van der Waals surface area contributed by atoms with Crippen LogP contribution in [0.5, 0.6) is 0 Å². The average molecular weight is 312 g/mol. The van der Waals surface area contributed by atoms with Crippen LogP contribution in [-0.2, 0) is 11.2 Å². The molecule has 6 nitrogen and oxygen atoms in total. The van der Waals surface area contributed by atoms with E-state index in [-0.39, 0.29) is 5.91 Å². The first kappa shape index (κ1) is 16.6. The smallest absolute Gasteiger partial charge is 0.277 e. The molecule has 6 heteroatoms. The molecule has 120 valence electrons. The fourth-order valence-electron chi connectivity index (χ4n) is 2.13. The lowest BCUT2D eigenvalue weighted by Crippen LogP contribution is -2.74. The number of hydrogen-bond acceptors (Lipinski definition) is 3. The van der Waals surface area contributed by atoms with Gasteiger partial charge < -0.3 is 0 Å². The lowest BCUT2D eigenvalue weighted by atomic mass is 10.1. The molecule has 0 fully saturated rings. The fraction of sp³-hybridized carbons (Fsp3) is 0.294. The van der Waals surface area contributed by atoms with E-state index < -0.39 is 0 Å². The van der Waals surface area contributed by atoms with E-state index in [2.05, 4.69) is 32.5 Å². The second kappa shape index (κ2) is 7.49. The molecular weight excluding hydrogens is 290 g/mol. The number of anilines is 1. The van der Waals surface area contributed by atoms with Gasteiger partial charge in [-0.3, -0.25) is 10.1 Å². The molecule has 0 saturated carbocycles. The molecule has 23 heavy (non-hydrogen) atoms. The van der Waals surface area contributed by atoms with Gasteiger partial charge in [-0.05, 0) is 38.0 Å². The Hall–Kier alpha value is -2.76. The maximum Gasteiger partial charge on any atom is 0.354 e. The van der Waals surface area contributed by atoms with Crippen molar-refractivity contribution in [3.8, 4) is 0 Å². The number of hydrogen-bond donors (Lipinski definition) is 3. The number of carbonyl (C=O) groups is 1. The molecule has 3 N–H and O–H groups in total. The molecule has 1 aromatic heterocycles. The number of nitrogens with zero attached hydrogens (tertiary/aromatic N) is 2. The lowest BCUT2D eigenvalue weighted by molar-refractivity contribution is -0.366. The number of amides is 1. The number of aromatic nitrogens is 2. The van der Waals surface area contributed by atoms with Crippen LogP contribution in [0, 0.1) is 13.8 Å². The van der Waals surface area contributed by atoms with Crippen molar-refractivity contribution in [3.63, 3.8) is 0 Å². The van der Waals surface area contributed by atoms with E-state index in [1.54, 1.807) is 0 Å². The molecule has 0 atom stereocenters. The highest BCUT2D eigenvalue weighted by Crippen LogP contribution is 2.09. The highest BCUT2D eigenvalue weighted by atomic mass is 16.1. The summed E-state index contributed by atoms with van der Waals surface area (Å²) in [4.78, 5) is 23.1. The van der Waals surface area contributed by atoms with Gasteiger partial charge in [-0.1, -0.05) is 19.1 Å². The minimum Gasteiger partial charge on any atom is -0.277 e. The molecule has 1 amide bonds. The predicted molar refractivity (Wildman–Crippen MR) is 90.4 cm³/mol. The van der Waals surface area contributed by atoms with E-state index in [9.17, 15) is 4.79 Å². The van der Waals surface area contributed by atoms with E-state index in [1.165, 1.54) is 12.5 Å². The van der Waals surface area contributed by atoms with Gasteiger partial charge in [0.1, 0.15) is 0 Å². The predicted octanol–water partition coefficient (Wildman–Crippen LogP) is 0.972. The van der Waals surface area contributed by atoms with Crippen molar-refractivity contribution >= 4 is 23.5 Å². The summed E-state index contributed by atoms with van der Waals surface area (Å²) >= 11 is 0. The normalized spacial score (nSPS) is 11.2. The zero-order chi connectivity index (χ0) is 16.8. The second-order valence-corrected chi connectivity index (χ2v) is 5.33. The largest absolute Gasteiger partial charge is 0.354 e. The van der Waals surface area contributed by atoms with E-state index in [1.807, 2.05) is 44.2 Å². The SMILES string of the molecule is CCc1ccc(N/C(NC(C)=O)=[NH+]/c2nc(C)cc(C)n2)cc1. The Morgan fingerprint density at radius 2 is 1.74 bits per heavy atom. The van der Waals surface area contributed by atoms with Crippen molar-refractivity contribution in [1.82, 2.24) is 15.3 Å². The minimum atomic E-state index is -0.186. The van der Waals surface area contributed by atoms with Gasteiger partial charge in [0, 0.05) is 13.0 Å². The highest BCUT2D eigenvalue weighted by molar-refractivity contribution is 6.00. The monoisotopic (exact) mass is 312 g/mol. The third-order valence-corrected chi connectivity index (χ3v) is 3.15. The van der Waals surface area contributed by atoms with Crippen molar-refractivity contribution < 1.29 is 9.79 Å². The molecule has 0 saturated heterocycles. The number of carbonyl (C=O) groups excluding carboxylic acids is 1. The van der Waals surface area contributed by atoms with Crippen LogP contribution in [0.15, 0.2) is 30.3 Å². The van der Waals surface area contributed by atoms with Gasteiger partial charge in [0.25, 0.3) is 11.9 Å². The first-order valence-electron chi connectivity index (χ1n) is 7.56. The maximum absolute atomic E-state index is 11.4. The van der Waals surface area contributed by atoms with Gasteiger partial charge in [0.05, 0.1) is 17.1 Å². The molecule has 0 aliphatic carbocycles. The topological polar surface area (TPSA) is 80.9 Å². The summed E-state index contributed by atoms with van der Waals surface area (Å²) in [6, 6.07) is 9.90. The second-order valence-electron chi connectivity index (χ2n) is 5.33. The van der Waals surface area contributed by atoms with Crippen molar-refractivity contribution in [2.45, 2.75) is 34.1 Å².